The Morgan fingerprint density at radius 3 is 2.05 bits per heavy atom. The molecule has 0 heterocycles. The van der Waals surface area contributed by atoms with Crippen LogP contribution in [-0.4, -0.2) is 6.29 Å². The van der Waals surface area contributed by atoms with Gasteiger partial charge in [0.05, 0.1) is 24.0 Å². The third-order valence-corrected chi connectivity index (χ3v) is 5.02. The topological polar surface area (TPSA) is 64.7 Å². The lowest BCUT2D eigenvalue weighted by molar-refractivity contribution is 0.112. The van der Waals surface area contributed by atoms with Gasteiger partial charge in [0.1, 0.15) is 6.29 Å². The van der Waals surface area contributed by atoms with E-state index in [-0.39, 0.29) is 17.8 Å². The molecule has 0 unspecified atom stereocenters. The summed E-state index contributed by atoms with van der Waals surface area (Å²) in [5, 5.41) is 19.3. The van der Waals surface area contributed by atoms with Crippen molar-refractivity contribution < 1.29 is 4.79 Å². The molecule has 0 saturated carbocycles. The van der Waals surface area contributed by atoms with Gasteiger partial charge in [-0.3, -0.25) is 4.79 Å². The number of rotatable bonds is 1. The van der Waals surface area contributed by atoms with Crippen molar-refractivity contribution in [3.63, 3.8) is 0 Å². The third kappa shape index (κ3) is 1.41. The van der Waals surface area contributed by atoms with Crippen LogP contribution in [0.1, 0.15) is 44.4 Å². The molecule has 0 N–H and O–H groups in total. The molecule has 3 nitrogen and oxygen atoms in total. The van der Waals surface area contributed by atoms with Crippen LogP contribution in [0.25, 0.3) is 0 Å². The van der Waals surface area contributed by atoms with Crippen LogP contribution in [0.4, 0.5) is 0 Å². The monoisotopic (exact) mass is 284 g/mol. The molecule has 2 aromatic carbocycles. The van der Waals surface area contributed by atoms with Gasteiger partial charge in [-0.05, 0) is 22.3 Å². The van der Waals surface area contributed by atoms with Crippen LogP contribution < -0.4 is 0 Å². The first-order valence-corrected chi connectivity index (χ1v) is 7.28. The van der Waals surface area contributed by atoms with Crippen LogP contribution in [0.2, 0.25) is 0 Å². The average molecular weight is 284 g/mol. The molecule has 3 aliphatic carbocycles. The largest absolute Gasteiger partial charge is 0.298 e. The highest BCUT2D eigenvalue weighted by Crippen LogP contribution is 2.58. The highest BCUT2D eigenvalue weighted by atomic mass is 16.1. The van der Waals surface area contributed by atoms with Gasteiger partial charge in [-0.2, -0.15) is 10.5 Å². The molecule has 0 amide bonds. The fourth-order valence-corrected chi connectivity index (χ4v) is 4.22. The molecule has 0 aromatic heterocycles. The SMILES string of the molecule is N#C[C@@H]1[C@H]2c3ccccc3[C@H](c3c(C=O)cccc32)[C@@H]1C#N. The summed E-state index contributed by atoms with van der Waals surface area (Å²) in [6, 6.07) is 18.3. The van der Waals surface area contributed by atoms with E-state index < -0.39 is 5.92 Å². The van der Waals surface area contributed by atoms with E-state index in [1.807, 2.05) is 36.4 Å². The van der Waals surface area contributed by atoms with E-state index in [1.165, 1.54) is 0 Å². The van der Waals surface area contributed by atoms with Crippen molar-refractivity contribution >= 4 is 6.29 Å². The number of fused-ring (bicyclic) bond motifs is 1. The lowest BCUT2D eigenvalue weighted by Crippen LogP contribution is -2.39. The summed E-state index contributed by atoms with van der Waals surface area (Å²) >= 11 is 0. The number of carbonyl (C=O) groups excluding carboxylic acids is 1. The fraction of sp³-hybridized carbons (Fsp3) is 0.211. The summed E-state index contributed by atoms with van der Waals surface area (Å²) in [4.78, 5) is 11.5. The van der Waals surface area contributed by atoms with Crippen LogP contribution in [0.15, 0.2) is 42.5 Å². The van der Waals surface area contributed by atoms with Crippen molar-refractivity contribution in [3.05, 3.63) is 70.3 Å². The Balaban J connectivity index is 2.11. The van der Waals surface area contributed by atoms with E-state index in [9.17, 15) is 15.3 Å². The van der Waals surface area contributed by atoms with Gasteiger partial charge in [0, 0.05) is 17.4 Å². The maximum atomic E-state index is 11.5. The Hall–Kier alpha value is -2.91. The van der Waals surface area contributed by atoms with Gasteiger partial charge in [0.25, 0.3) is 0 Å². The lowest BCUT2D eigenvalue weighted by Gasteiger charge is -2.46. The van der Waals surface area contributed by atoms with Crippen molar-refractivity contribution in [3.8, 4) is 12.1 Å². The first kappa shape index (κ1) is 12.8. The Morgan fingerprint density at radius 2 is 1.41 bits per heavy atom. The fourth-order valence-electron chi connectivity index (χ4n) is 4.22. The summed E-state index contributed by atoms with van der Waals surface area (Å²) in [5.74, 6) is -1.07. The molecule has 0 fully saturated rings. The summed E-state index contributed by atoms with van der Waals surface area (Å²) in [7, 11) is 0. The summed E-state index contributed by atoms with van der Waals surface area (Å²) < 4.78 is 0. The van der Waals surface area contributed by atoms with E-state index in [4.69, 9.17) is 0 Å². The van der Waals surface area contributed by atoms with E-state index in [0.717, 1.165) is 28.5 Å². The molecule has 2 bridgehead atoms. The number of nitrogens with zero attached hydrogens (tertiary/aromatic N) is 2. The standard InChI is InChI=1S/C19H12N2O/c20-8-15-16(9-21)19-13-6-2-1-5-12(13)18(15)14-7-3-4-11(10-22)17(14)19/h1-7,10,15-16,18-19H/t15-,16+,18-,19-/m0/s1. The summed E-state index contributed by atoms with van der Waals surface area (Å²) in [5.41, 5.74) is 4.83. The van der Waals surface area contributed by atoms with Gasteiger partial charge in [-0.15, -0.1) is 0 Å². The molecule has 0 spiro atoms. The minimum Gasteiger partial charge on any atom is -0.298 e. The van der Waals surface area contributed by atoms with E-state index in [0.29, 0.717) is 5.56 Å². The number of nitriles is 2. The molecule has 3 heteroatoms. The molecule has 104 valence electrons. The van der Waals surface area contributed by atoms with Crippen molar-refractivity contribution in [2.24, 2.45) is 11.8 Å². The number of aldehydes is 1. The molecule has 3 aliphatic rings. The van der Waals surface area contributed by atoms with Crippen LogP contribution in [0, 0.1) is 34.5 Å². The normalized spacial score (nSPS) is 27.2. The quantitative estimate of drug-likeness (QED) is 0.754. The summed E-state index contributed by atoms with van der Waals surface area (Å²) in [6.45, 7) is 0. The zero-order valence-corrected chi connectivity index (χ0v) is 11.7. The average Bonchev–Trinajstić information content (AvgIpc) is 2.60. The van der Waals surface area contributed by atoms with Gasteiger partial charge in [-0.25, -0.2) is 0 Å². The molecule has 0 aliphatic heterocycles. The predicted molar refractivity (Wildman–Crippen MR) is 80.2 cm³/mol. The van der Waals surface area contributed by atoms with Crippen LogP contribution in [0.5, 0.6) is 0 Å². The molecular weight excluding hydrogens is 272 g/mol. The lowest BCUT2D eigenvalue weighted by atomic mass is 9.54. The Bertz CT molecular complexity index is 872. The smallest absolute Gasteiger partial charge is 0.150 e. The number of benzene rings is 2. The second-order valence-corrected chi connectivity index (χ2v) is 5.86. The van der Waals surface area contributed by atoms with E-state index in [2.05, 4.69) is 12.1 Å². The van der Waals surface area contributed by atoms with Gasteiger partial charge in [-0.1, -0.05) is 42.5 Å². The van der Waals surface area contributed by atoms with Crippen molar-refractivity contribution in [1.29, 1.82) is 10.5 Å². The highest BCUT2D eigenvalue weighted by Gasteiger charge is 2.50. The van der Waals surface area contributed by atoms with Gasteiger partial charge in [0.15, 0.2) is 0 Å². The van der Waals surface area contributed by atoms with Gasteiger partial charge >= 0.3 is 0 Å². The molecule has 22 heavy (non-hydrogen) atoms. The molecule has 2 aromatic rings. The van der Waals surface area contributed by atoms with Crippen LogP contribution >= 0.6 is 0 Å². The molecular formula is C19H12N2O. The number of hydrogen-bond acceptors (Lipinski definition) is 3. The second-order valence-electron chi connectivity index (χ2n) is 5.86. The van der Waals surface area contributed by atoms with Crippen molar-refractivity contribution in [2.75, 3.05) is 0 Å². The Kier molecular flexibility index (Phi) is 2.65. The first-order chi connectivity index (χ1) is 10.8. The van der Waals surface area contributed by atoms with Crippen LogP contribution in [-0.2, 0) is 0 Å². The molecule has 0 saturated heterocycles. The van der Waals surface area contributed by atoms with Crippen LogP contribution in [0.3, 0.4) is 0 Å². The minimum absolute atomic E-state index is 0.120. The molecule has 0 radical (unpaired) electrons. The highest BCUT2D eigenvalue weighted by molar-refractivity contribution is 5.81. The Morgan fingerprint density at radius 1 is 0.818 bits per heavy atom. The summed E-state index contributed by atoms with van der Waals surface area (Å²) in [6.07, 6.45) is 0.859. The zero-order valence-electron chi connectivity index (χ0n) is 11.7. The van der Waals surface area contributed by atoms with E-state index >= 15 is 0 Å². The van der Waals surface area contributed by atoms with Gasteiger partial charge in [0.2, 0.25) is 0 Å². The molecule has 4 atom stereocenters. The zero-order chi connectivity index (χ0) is 15.3. The van der Waals surface area contributed by atoms with Crippen molar-refractivity contribution in [2.45, 2.75) is 11.8 Å². The number of carbonyl (C=O) groups is 1. The Labute approximate surface area is 128 Å². The first-order valence-electron chi connectivity index (χ1n) is 7.28. The van der Waals surface area contributed by atoms with Gasteiger partial charge < -0.3 is 0 Å². The predicted octanol–water partition coefficient (Wildman–Crippen LogP) is 3.37. The number of hydrogen-bond donors (Lipinski definition) is 0. The minimum atomic E-state index is -0.404. The molecule has 5 rings (SSSR count). The maximum absolute atomic E-state index is 11.5. The van der Waals surface area contributed by atoms with E-state index in [1.54, 1.807) is 6.07 Å². The third-order valence-electron chi connectivity index (χ3n) is 5.02. The second kappa shape index (κ2) is 4.55. The van der Waals surface area contributed by atoms with Crippen molar-refractivity contribution in [1.82, 2.24) is 0 Å². The maximum Gasteiger partial charge on any atom is 0.150 e.